The molecule has 2 aromatic heterocycles. The van der Waals surface area contributed by atoms with Crippen LogP contribution in [0.15, 0.2) is 24.4 Å². The summed E-state index contributed by atoms with van der Waals surface area (Å²) in [5.41, 5.74) is 3.17. The molecule has 0 atom stereocenters. The van der Waals surface area contributed by atoms with Gasteiger partial charge < -0.3 is 19.4 Å². The van der Waals surface area contributed by atoms with Crippen LogP contribution in [0, 0.1) is 5.92 Å². The number of hydrogen-bond acceptors (Lipinski definition) is 4. The molecular formula is C18H21BN2O3. The van der Waals surface area contributed by atoms with Crippen molar-refractivity contribution in [1.82, 2.24) is 9.97 Å². The number of aromatic nitrogens is 2. The highest BCUT2D eigenvalue weighted by Gasteiger charge is 2.34. The third kappa shape index (κ3) is 2.54. The molecule has 0 spiro atoms. The minimum atomic E-state index is -0.883. The van der Waals surface area contributed by atoms with Crippen LogP contribution in [0.2, 0.25) is 0 Å². The molecule has 6 heteroatoms. The van der Waals surface area contributed by atoms with Gasteiger partial charge in [0.1, 0.15) is 11.4 Å². The Labute approximate surface area is 141 Å². The summed E-state index contributed by atoms with van der Waals surface area (Å²) in [6.07, 6.45) is 11.4. The molecule has 2 N–H and O–H groups in total. The standard InChI is InChI=1S/C18H21BN2O3/c22-19-9-15(11-1-3-12(4-2-11)23-13-5-6-13)17-14-7-8-20-18(14)21-10-16(17)24-19/h7-13,22H,1-6H2,(H,20,21). The molecule has 5 rings (SSSR count). The van der Waals surface area contributed by atoms with Crippen LogP contribution in [0.3, 0.4) is 0 Å². The third-order valence-corrected chi connectivity index (χ3v) is 5.43. The van der Waals surface area contributed by atoms with Crippen LogP contribution in [-0.2, 0) is 4.74 Å². The Kier molecular flexibility index (Phi) is 3.42. The van der Waals surface area contributed by atoms with E-state index in [4.69, 9.17) is 9.39 Å². The molecule has 3 aliphatic rings. The largest absolute Gasteiger partial charge is 0.552 e. The summed E-state index contributed by atoms with van der Waals surface area (Å²) >= 11 is 0. The quantitative estimate of drug-likeness (QED) is 0.852. The van der Waals surface area contributed by atoms with E-state index in [2.05, 4.69) is 9.97 Å². The lowest BCUT2D eigenvalue weighted by molar-refractivity contribution is 0.0114. The van der Waals surface area contributed by atoms with Crippen molar-refractivity contribution in [2.75, 3.05) is 0 Å². The minimum absolute atomic E-state index is 0.420. The van der Waals surface area contributed by atoms with E-state index < -0.39 is 7.12 Å². The second-order valence-corrected chi connectivity index (χ2v) is 7.18. The Morgan fingerprint density at radius 1 is 1.17 bits per heavy atom. The summed E-state index contributed by atoms with van der Waals surface area (Å²) in [6.45, 7) is 0. The second-order valence-electron chi connectivity index (χ2n) is 7.18. The van der Waals surface area contributed by atoms with Gasteiger partial charge >= 0.3 is 7.12 Å². The smallest absolute Gasteiger partial charge is 0.531 e. The molecule has 2 saturated carbocycles. The Morgan fingerprint density at radius 3 is 2.67 bits per heavy atom. The summed E-state index contributed by atoms with van der Waals surface area (Å²) in [6, 6.07) is 2.04. The summed E-state index contributed by atoms with van der Waals surface area (Å²) in [5, 5.41) is 11.2. The van der Waals surface area contributed by atoms with Crippen LogP contribution >= 0.6 is 0 Å². The van der Waals surface area contributed by atoms with E-state index in [-0.39, 0.29) is 0 Å². The molecule has 2 fully saturated rings. The van der Waals surface area contributed by atoms with E-state index in [1.54, 1.807) is 6.20 Å². The van der Waals surface area contributed by atoms with Crippen LogP contribution in [0.1, 0.15) is 44.1 Å². The maximum Gasteiger partial charge on any atom is 0.552 e. The SMILES string of the molecule is OB1C=C(C2CCC(OC3CC3)CC2)c2c(cnc3[nH]ccc23)O1. The van der Waals surface area contributed by atoms with Gasteiger partial charge in [-0.2, -0.15) is 0 Å². The summed E-state index contributed by atoms with van der Waals surface area (Å²) in [7, 11) is -0.883. The molecule has 0 amide bonds. The summed E-state index contributed by atoms with van der Waals surface area (Å²) in [5.74, 6) is 3.01. The highest BCUT2D eigenvalue weighted by atomic mass is 16.5. The molecule has 124 valence electrons. The number of ether oxygens (including phenoxy) is 1. The van der Waals surface area contributed by atoms with Crippen LogP contribution in [0.25, 0.3) is 16.6 Å². The minimum Gasteiger partial charge on any atom is -0.531 e. The lowest BCUT2D eigenvalue weighted by Gasteiger charge is -2.33. The first-order chi connectivity index (χ1) is 11.8. The van der Waals surface area contributed by atoms with Crippen molar-refractivity contribution in [3.63, 3.8) is 0 Å². The van der Waals surface area contributed by atoms with Gasteiger partial charge in [-0.05, 0) is 62.1 Å². The fourth-order valence-electron chi connectivity index (χ4n) is 4.10. The fourth-order valence-corrected chi connectivity index (χ4v) is 4.10. The van der Waals surface area contributed by atoms with Gasteiger partial charge in [0, 0.05) is 17.1 Å². The molecule has 2 aliphatic carbocycles. The van der Waals surface area contributed by atoms with Gasteiger partial charge in [0.05, 0.1) is 18.4 Å². The highest BCUT2D eigenvalue weighted by molar-refractivity contribution is 6.52. The van der Waals surface area contributed by atoms with Crippen molar-refractivity contribution < 1.29 is 14.4 Å². The van der Waals surface area contributed by atoms with E-state index in [9.17, 15) is 5.02 Å². The van der Waals surface area contributed by atoms with E-state index in [0.717, 1.165) is 42.3 Å². The molecule has 0 aromatic carbocycles. The number of nitrogens with one attached hydrogen (secondary N) is 1. The lowest BCUT2D eigenvalue weighted by Crippen LogP contribution is -2.28. The predicted molar refractivity (Wildman–Crippen MR) is 92.5 cm³/mol. The van der Waals surface area contributed by atoms with Gasteiger partial charge in [-0.15, -0.1) is 0 Å². The maximum absolute atomic E-state index is 10.1. The van der Waals surface area contributed by atoms with Gasteiger partial charge in [-0.1, -0.05) is 0 Å². The number of fused-ring (bicyclic) bond motifs is 3. The van der Waals surface area contributed by atoms with Crippen molar-refractivity contribution in [2.24, 2.45) is 5.92 Å². The summed E-state index contributed by atoms with van der Waals surface area (Å²) < 4.78 is 11.7. The Bertz CT molecular complexity index is 791. The van der Waals surface area contributed by atoms with Gasteiger partial charge in [0.15, 0.2) is 0 Å². The molecule has 0 saturated heterocycles. The number of H-pyrrole nitrogens is 1. The fraction of sp³-hybridized carbons (Fsp3) is 0.500. The maximum atomic E-state index is 10.1. The summed E-state index contributed by atoms with van der Waals surface area (Å²) in [4.78, 5) is 7.54. The molecule has 0 unspecified atom stereocenters. The normalized spacial score (nSPS) is 26.9. The molecule has 3 heterocycles. The molecule has 0 radical (unpaired) electrons. The Balaban J connectivity index is 1.44. The van der Waals surface area contributed by atoms with Crippen molar-refractivity contribution >= 4 is 23.7 Å². The van der Waals surface area contributed by atoms with Crippen molar-refractivity contribution in [1.29, 1.82) is 0 Å². The number of hydrogen-bond donors (Lipinski definition) is 2. The number of aromatic amines is 1. The van der Waals surface area contributed by atoms with E-state index in [1.807, 2.05) is 18.2 Å². The number of rotatable bonds is 3. The Hall–Kier alpha value is -1.79. The van der Waals surface area contributed by atoms with Crippen LogP contribution in [0.5, 0.6) is 5.75 Å². The van der Waals surface area contributed by atoms with Gasteiger partial charge in [0.2, 0.25) is 0 Å². The van der Waals surface area contributed by atoms with E-state index >= 15 is 0 Å². The molecule has 0 bridgehead atoms. The lowest BCUT2D eigenvalue weighted by atomic mass is 9.72. The second kappa shape index (κ2) is 5.64. The average Bonchev–Trinajstić information content (AvgIpc) is 3.27. The molecule has 1 aliphatic heterocycles. The third-order valence-electron chi connectivity index (χ3n) is 5.43. The molecule has 5 nitrogen and oxygen atoms in total. The van der Waals surface area contributed by atoms with E-state index in [0.29, 0.717) is 23.9 Å². The first-order valence-corrected chi connectivity index (χ1v) is 8.96. The number of allylic oxidation sites excluding steroid dienone is 1. The molecule has 2 aromatic rings. The van der Waals surface area contributed by atoms with Gasteiger partial charge in [-0.3, -0.25) is 0 Å². The Morgan fingerprint density at radius 2 is 1.92 bits per heavy atom. The zero-order chi connectivity index (χ0) is 16.1. The van der Waals surface area contributed by atoms with Crippen LogP contribution in [0.4, 0.5) is 0 Å². The highest BCUT2D eigenvalue weighted by Crippen LogP contribution is 2.44. The number of pyridine rings is 1. The van der Waals surface area contributed by atoms with Crippen molar-refractivity contribution in [3.05, 3.63) is 30.0 Å². The van der Waals surface area contributed by atoms with Crippen molar-refractivity contribution in [3.8, 4) is 5.75 Å². The first kappa shape index (κ1) is 14.5. The molecule has 24 heavy (non-hydrogen) atoms. The zero-order valence-corrected chi connectivity index (χ0v) is 13.6. The average molecular weight is 324 g/mol. The van der Waals surface area contributed by atoms with Gasteiger partial charge in [0.25, 0.3) is 0 Å². The predicted octanol–water partition coefficient (Wildman–Crippen LogP) is 3.10. The number of nitrogens with zero attached hydrogens (tertiary/aromatic N) is 1. The van der Waals surface area contributed by atoms with Crippen molar-refractivity contribution in [2.45, 2.75) is 50.7 Å². The van der Waals surface area contributed by atoms with Gasteiger partial charge in [-0.25, -0.2) is 4.98 Å². The first-order valence-electron chi connectivity index (χ1n) is 8.96. The monoisotopic (exact) mass is 324 g/mol. The zero-order valence-electron chi connectivity index (χ0n) is 13.6. The molecular weight excluding hydrogens is 303 g/mol. The van der Waals surface area contributed by atoms with E-state index in [1.165, 1.54) is 18.4 Å². The van der Waals surface area contributed by atoms with Crippen LogP contribution < -0.4 is 4.65 Å². The van der Waals surface area contributed by atoms with Crippen LogP contribution in [-0.4, -0.2) is 34.3 Å². The topological polar surface area (TPSA) is 67.4 Å².